The number of halogens is 1. The predicted octanol–water partition coefficient (Wildman–Crippen LogP) is 0.899. The van der Waals surface area contributed by atoms with E-state index in [1.807, 2.05) is 9.80 Å². The SMILES string of the molecule is N[C@@H]1C[C@H](N)CN(c2nc(Nc3ccc(NC(=O)c4nc5ccccc5nc4O)c(Cl)c3)nc(N3C[C@H](N)C[C@H](N)C3)n2)C1. The third-order valence-electron chi connectivity index (χ3n) is 7.45. The highest BCUT2D eigenvalue weighted by Crippen LogP contribution is 2.29. The van der Waals surface area contributed by atoms with Gasteiger partial charge in [-0.25, -0.2) is 9.97 Å². The van der Waals surface area contributed by atoms with Gasteiger partial charge in [0.05, 0.1) is 21.7 Å². The van der Waals surface area contributed by atoms with Gasteiger partial charge in [0.15, 0.2) is 5.69 Å². The van der Waals surface area contributed by atoms with E-state index in [4.69, 9.17) is 39.5 Å². The number of amides is 1. The molecule has 44 heavy (non-hydrogen) atoms. The van der Waals surface area contributed by atoms with Gasteiger partial charge in [-0.1, -0.05) is 23.7 Å². The quantitative estimate of drug-likeness (QED) is 0.159. The van der Waals surface area contributed by atoms with Crippen LogP contribution in [0.1, 0.15) is 23.3 Å². The number of nitrogens with one attached hydrogen (secondary N) is 2. The molecule has 0 saturated carbocycles. The van der Waals surface area contributed by atoms with Crippen LogP contribution in [0.5, 0.6) is 5.88 Å². The molecule has 0 aliphatic carbocycles. The van der Waals surface area contributed by atoms with Crippen molar-refractivity contribution < 1.29 is 9.90 Å². The first-order valence-electron chi connectivity index (χ1n) is 14.2. The van der Waals surface area contributed by atoms with Crippen LogP contribution in [-0.4, -0.2) is 86.3 Å². The zero-order valence-electron chi connectivity index (χ0n) is 23.8. The van der Waals surface area contributed by atoms with Gasteiger partial charge in [0.2, 0.25) is 23.7 Å². The molecule has 230 valence electrons. The van der Waals surface area contributed by atoms with E-state index in [1.165, 1.54) is 0 Å². The summed E-state index contributed by atoms with van der Waals surface area (Å²) in [7, 11) is 0. The maximum atomic E-state index is 13.0. The second-order valence-corrected chi connectivity index (χ2v) is 11.6. The van der Waals surface area contributed by atoms with E-state index in [1.54, 1.807) is 42.5 Å². The summed E-state index contributed by atoms with van der Waals surface area (Å²) in [5.41, 5.74) is 26.6. The summed E-state index contributed by atoms with van der Waals surface area (Å²) in [6, 6.07) is 11.4. The highest BCUT2D eigenvalue weighted by Gasteiger charge is 2.29. The molecule has 2 aromatic carbocycles. The number of piperidine rings is 2. The van der Waals surface area contributed by atoms with Crippen molar-refractivity contribution in [3.05, 3.63) is 53.2 Å². The van der Waals surface area contributed by atoms with Gasteiger partial charge >= 0.3 is 0 Å². The fourth-order valence-corrected chi connectivity index (χ4v) is 5.75. The molecule has 15 nitrogen and oxygen atoms in total. The maximum absolute atomic E-state index is 13.0. The van der Waals surface area contributed by atoms with Crippen LogP contribution < -0.4 is 43.4 Å². The largest absolute Gasteiger partial charge is 0.492 e. The Morgan fingerprint density at radius 2 is 1.34 bits per heavy atom. The Morgan fingerprint density at radius 1 is 0.795 bits per heavy atom. The Balaban J connectivity index is 1.24. The number of para-hydroxylation sites is 2. The molecule has 2 aromatic heterocycles. The van der Waals surface area contributed by atoms with Crippen LogP contribution in [-0.2, 0) is 0 Å². The minimum absolute atomic E-state index is 0.115. The number of carbonyl (C=O) groups is 1. The van der Waals surface area contributed by atoms with E-state index < -0.39 is 11.8 Å². The van der Waals surface area contributed by atoms with Crippen LogP contribution in [0.2, 0.25) is 5.02 Å². The van der Waals surface area contributed by atoms with Gasteiger partial charge in [0.25, 0.3) is 5.91 Å². The van der Waals surface area contributed by atoms with Gasteiger partial charge in [-0.3, -0.25) is 4.79 Å². The normalized spacial score (nSPS) is 22.2. The molecule has 0 spiro atoms. The van der Waals surface area contributed by atoms with E-state index >= 15 is 0 Å². The van der Waals surface area contributed by atoms with Crippen molar-refractivity contribution in [2.45, 2.75) is 37.0 Å². The van der Waals surface area contributed by atoms with Crippen LogP contribution in [0.25, 0.3) is 11.0 Å². The van der Waals surface area contributed by atoms with Crippen LogP contribution in [0, 0.1) is 0 Å². The molecule has 2 aliphatic rings. The maximum Gasteiger partial charge on any atom is 0.279 e. The molecule has 6 rings (SSSR count). The summed E-state index contributed by atoms with van der Waals surface area (Å²) in [4.78, 5) is 39.2. The van der Waals surface area contributed by atoms with Crippen molar-refractivity contribution in [1.29, 1.82) is 0 Å². The summed E-state index contributed by atoms with van der Waals surface area (Å²) in [5, 5.41) is 16.4. The Morgan fingerprint density at radius 3 is 1.89 bits per heavy atom. The zero-order chi connectivity index (χ0) is 31.0. The van der Waals surface area contributed by atoms with Gasteiger partial charge in [-0.05, 0) is 43.2 Å². The number of anilines is 5. The first-order chi connectivity index (χ1) is 21.1. The molecular weight excluding hydrogens is 586 g/mol. The van der Waals surface area contributed by atoms with E-state index in [2.05, 4.69) is 30.6 Å². The lowest BCUT2D eigenvalue weighted by molar-refractivity contribution is 0.101. The lowest BCUT2D eigenvalue weighted by atomic mass is 10.0. The zero-order valence-corrected chi connectivity index (χ0v) is 24.5. The molecule has 2 saturated heterocycles. The number of carbonyl (C=O) groups excluding carboxylic acids is 1. The molecular formula is C28H34ClN13O2. The second kappa shape index (κ2) is 12.3. The fraction of sp³-hybridized carbons (Fsp3) is 0.357. The molecule has 1 amide bonds. The number of nitrogens with zero attached hydrogens (tertiary/aromatic N) is 7. The first kappa shape index (κ1) is 29.7. The molecule has 16 heteroatoms. The van der Waals surface area contributed by atoms with Gasteiger partial charge < -0.3 is 48.5 Å². The van der Waals surface area contributed by atoms with Crippen molar-refractivity contribution in [2.24, 2.45) is 22.9 Å². The van der Waals surface area contributed by atoms with Crippen LogP contribution in [0.3, 0.4) is 0 Å². The van der Waals surface area contributed by atoms with Gasteiger partial charge in [-0.15, -0.1) is 0 Å². The summed E-state index contributed by atoms with van der Waals surface area (Å²) in [5.74, 6) is -0.00635. The number of nitrogens with two attached hydrogens (primary N) is 4. The molecule has 11 N–H and O–H groups in total. The van der Waals surface area contributed by atoms with Gasteiger partial charge in [0, 0.05) is 56.0 Å². The van der Waals surface area contributed by atoms with E-state index in [0.717, 1.165) is 0 Å². The third kappa shape index (κ3) is 6.56. The molecule has 0 bridgehead atoms. The van der Waals surface area contributed by atoms with Crippen molar-refractivity contribution in [2.75, 3.05) is 46.6 Å². The number of aromatic nitrogens is 5. The Kier molecular flexibility index (Phi) is 8.29. The highest BCUT2D eigenvalue weighted by atomic mass is 35.5. The average molecular weight is 620 g/mol. The second-order valence-electron chi connectivity index (χ2n) is 11.2. The number of hydrogen-bond acceptors (Lipinski definition) is 14. The highest BCUT2D eigenvalue weighted by molar-refractivity contribution is 6.34. The first-order valence-corrected chi connectivity index (χ1v) is 14.6. The van der Waals surface area contributed by atoms with Crippen molar-refractivity contribution in [3.8, 4) is 5.88 Å². The summed E-state index contributed by atoms with van der Waals surface area (Å²) in [6.07, 6.45) is 1.42. The summed E-state index contributed by atoms with van der Waals surface area (Å²) in [6.45, 7) is 2.19. The van der Waals surface area contributed by atoms with Crippen molar-refractivity contribution in [3.63, 3.8) is 0 Å². The monoisotopic (exact) mass is 619 g/mol. The molecule has 0 radical (unpaired) electrons. The van der Waals surface area contributed by atoms with E-state index in [9.17, 15) is 9.90 Å². The summed E-state index contributed by atoms with van der Waals surface area (Å²) < 4.78 is 0. The number of fused-ring (bicyclic) bond motifs is 1. The molecule has 2 aliphatic heterocycles. The Labute approximate surface area is 258 Å². The van der Waals surface area contributed by atoms with Crippen LogP contribution in [0.4, 0.5) is 29.2 Å². The standard InChI is InChI=1S/C28H34ClN13O2/c29-19-9-18(5-6-20(19)36-24(43)23-25(44)37-22-4-2-1-3-21(22)35-23)34-26-38-27(41-10-14(30)7-15(31)11-41)40-28(39-26)42-12-16(32)8-17(33)13-42/h1-6,9,14-17H,7-8,10-13,30-33H2,(H,36,43)(H,37,44)(H,34,38,39,40)/t14-,15+,16-,17+. The van der Waals surface area contributed by atoms with Crippen molar-refractivity contribution in [1.82, 2.24) is 24.9 Å². The average Bonchev–Trinajstić information content (AvgIpc) is 2.97. The fourth-order valence-electron chi connectivity index (χ4n) is 5.52. The minimum Gasteiger partial charge on any atom is -0.492 e. The van der Waals surface area contributed by atoms with E-state index in [0.29, 0.717) is 73.3 Å². The smallest absolute Gasteiger partial charge is 0.279 e. The van der Waals surface area contributed by atoms with Crippen LogP contribution >= 0.6 is 11.6 Å². The molecule has 4 aromatic rings. The molecule has 2 fully saturated rings. The number of aromatic hydroxyl groups is 1. The Bertz CT molecular complexity index is 1630. The van der Waals surface area contributed by atoms with Crippen LogP contribution in [0.15, 0.2) is 42.5 Å². The number of rotatable bonds is 6. The number of hydrogen-bond donors (Lipinski definition) is 7. The van der Waals surface area contributed by atoms with Gasteiger partial charge in [0.1, 0.15) is 0 Å². The lowest BCUT2D eigenvalue weighted by Crippen LogP contribution is -2.54. The topological polar surface area (TPSA) is 236 Å². The predicted molar refractivity (Wildman–Crippen MR) is 169 cm³/mol. The Hall–Kier alpha value is -4.41. The molecule has 0 unspecified atom stereocenters. The van der Waals surface area contributed by atoms with Gasteiger partial charge in [-0.2, -0.15) is 15.0 Å². The van der Waals surface area contributed by atoms with E-state index in [-0.39, 0.29) is 40.8 Å². The number of benzene rings is 2. The lowest BCUT2D eigenvalue weighted by Gasteiger charge is -2.37. The molecule has 4 atom stereocenters. The summed E-state index contributed by atoms with van der Waals surface area (Å²) >= 11 is 6.55. The minimum atomic E-state index is -0.661. The van der Waals surface area contributed by atoms with Crippen molar-refractivity contribution >= 4 is 57.8 Å². The third-order valence-corrected chi connectivity index (χ3v) is 7.76. The molecule has 4 heterocycles.